The number of anilines is 3. The molecule has 1 heterocycles. The monoisotopic (exact) mass is 366 g/mol. The molecular formula is C20H22N4O3. The van der Waals surface area contributed by atoms with E-state index in [1.54, 1.807) is 43.0 Å². The van der Waals surface area contributed by atoms with E-state index >= 15 is 0 Å². The first-order chi connectivity index (χ1) is 12.8. The van der Waals surface area contributed by atoms with Crippen LogP contribution >= 0.6 is 0 Å². The zero-order chi connectivity index (χ0) is 19.6. The molecule has 0 saturated carbocycles. The Hall–Kier alpha value is -3.35. The first-order valence-electron chi connectivity index (χ1n) is 8.73. The Labute approximate surface area is 157 Å². The summed E-state index contributed by atoms with van der Waals surface area (Å²) in [4.78, 5) is 36.9. The Balaban J connectivity index is 1.63. The third-order valence-electron chi connectivity index (χ3n) is 4.57. The summed E-state index contributed by atoms with van der Waals surface area (Å²) in [6.07, 6.45) is 0.803. The van der Waals surface area contributed by atoms with Gasteiger partial charge in [-0.1, -0.05) is 0 Å². The molecule has 1 aliphatic rings. The van der Waals surface area contributed by atoms with Gasteiger partial charge < -0.3 is 21.3 Å². The molecular weight excluding hydrogens is 344 g/mol. The number of primary amides is 1. The summed E-state index contributed by atoms with van der Waals surface area (Å²) in [5.41, 5.74) is 9.02. The van der Waals surface area contributed by atoms with Gasteiger partial charge in [0.15, 0.2) is 0 Å². The van der Waals surface area contributed by atoms with Crippen LogP contribution < -0.4 is 21.3 Å². The van der Waals surface area contributed by atoms with Crippen molar-refractivity contribution in [3.63, 3.8) is 0 Å². The van der Waals surface area contributed by atoms with Gasteiger partial charge in [-0.25, -0.2) is 0 Å². The SMILES string of the molecule is CC(=O)N1CCc2cc(N[C@@H](C)C(=O)Nc3ccc(C(N)=O)cc3)ccc21. The van der Waals surface area contributed by atoms with Gasteiger partial charge in [0.25, 0.3) is 0 Å². The van der Waals surface area contributed by atoms with E-state index in [0.717, 1.165) is 23.4 Å². The lowest BCUT2D eigenvalue weighted by Crippen LogP contribution is -2.31. The smallest absolute Gasteiger partial charge is 0.248 e. The predicted molar refractivity (Wildman–Crippen MR) is 105 cm³/mol. The Morgan fingerprint density at radius 2 is 1.74 bits per heavy atom. The van der Waals surface area contributed by atoms with Crippen molar-refractivity contribution in [1.29, 1.82) is 0 Å². The van der Waals surface area contributed by atoms with Crippen molar-refractivity contribution < 1.29 is 14.4 Å². The molecule has 3 amide bonds. The molecule has 0 spiro atoms. The van der Waals surface area contributed by atoms with Gasteiger partial charge in [0.2, 0.25) is 17.7 Å². The molecule has 1 atom stereocenters. The van der Waals surface area contributed by atoms with Crippen LogP contribution in [0, 0.1) is 0 Å². The van der Waals surface area contributed by atoms with Crippen molar-refractivity contribution in [2.24, 2.45) is 5.73 Å². The van der Waals surface area contributed by atoms with Crippen LogP contribution in [0.25, 0.3) is 0 Å². The Morgan fingerprint density at radius 3 is 2.37 bits per heavy atom. The molecule has 27 heavy (non-hydrogen) atoms. The fourth-order valence-corrected chi connectivity index (χ4v) is 3.10. The number of carbonyl (C=O) groups excluding carboxylic acids is 3. The summed E-state index contributed by atoms with van der Waals surface area (Å²) in [5.74, 6) is -0.680. The maximum atomic E-state index is 12.4. The molecule has 1 aliphatic heterocycles. The minimum atomic E-state index is -0.511. The highest BCUT2D eigenvalue weighted by Gasteiger charge is 2.22. The van der Waals surface area contributed by atoms with Gasteiger partial charge >= 0.3 is 0 Å². The quantitative estimate of drug-likeness (QED) is 0.754. The molecule has 0 bridgehead atoms. The summed E-state index contributed by atoms with van der Waals surface area (Å²) < 4.78 is 0. The van der Waals surface area contributed by atoms with Crippen molar-refractivity contribution in [3.8, 4) is 0 Å². The fourth-order valence-electron chi connectivity index (χ4n) is 3.10. The second-order valence-corrected chi connectivity index (χ2v) is 6.56. The third kappa shape index (κ3) is 4.08. The van der Waals surface area contributed by atoms with E-state index in [1.807, 2.05) is 18.2 Å². The number of benzene rings is 2. The number of nitrogens with two attached hydrogens (primary N) is 1. The number of rotatable bonds is 5. The second-order valence-electron chi connectivity index (χ2n) is 6.56. The summed E-state index contributed by atoms with van der Waals surface area (Å²) in [6.45, 7) is 4.01. The first-order valence-corrected chi connectivity index (χ1v) is 8.73. The minimum absolute atomic E-state index is 0.0320. The summed E-state index contributed by atoms with van der Waals surface area (Å²) in [5, 5.41) is 5.97. The van der Waals surface area contributed by atoms with Crippen LogP contribution in [-0.4, -0.2) is 30.3 Å². The molecule has 0 unspecified atom stereocenters. The lowest BCUT2D eigenvalue weighted by molar-refractivity contribution is -0.117. The molecule has 0 aliphatic carbocycles. The van der Waals surface area contributed by atoms with E-state index in [4.69, 9.17) is 5.73 Å². The van der Waals surface area contributed by atoms with Gasteiger partial charge in [0, 0.05) is 36.1 Å². The number of nitrogens with zero attached hydrogens (tertiary/aromatic N) is 1. The number of nitrogens with one attached hydrogen (secondary N) is 2. The molecule has 0 fully saturated rings. The van der Waals surface area contributed by atoms with Crippen LogP contribution in [0.5, 0.6) is 0 Å². The molecule has 140 valence electrons. The van der Waals surface area contributed by atoms with Crippen molar-refractivity contribution in [2.75, 3.05) is 22.1 Å². The number of hydrogen-bond acceptors (Lipinski definition) is 4. The molecule has 7 heteroatoms. The minimum Gasteiger partial charge on any atom is -0.374 e. The lowest BCUT2D eigenvalue weighted by atomic mass is 10.1. The van der Waals surface area contributed by atoms with Gasteiger partial charge in [0.1, 0.15) is 6.04 Å². The average Bonchev–Trinajstić information content (AvgIpc) is 3.05. The van der Waals surface area contributed by atoms with Crippen LogP contribution in [0.4, 0.5) is 17.1 Å². The van der Waals surface area contributed by atoms with Gasteiger partial charge in [-0.2, -0.15) is 0 Å². The van der Waals surface area contributed by atoms with Gasteiger partial charge in [-0.15, -0.1) is 0 Å². The molecule has 0 aromatic heterocycles. The maximum Gasteiger partial charge on any atom is 0.248 e. The van der Waals surface area contributed by atoms with Crippen molar-refractivity contribution in [1.82, 2.24) is 0 Å². The van der Waals surface area contributed by atoms with Gasteiger partial charge in [-0.3, -0.25) is 14.4 Å². The van der Waals surface area contributed by atoms with Gasteiger partial charge in [0.05, 0.1) is 0 Å². The highest BCUT2D eigenvalue weighted by Crippen LogP contribution is 2.30. The molecule has 7 nitrogen and oxygen atoms in total. The summed E-state index contributed by atoms with van der Waals surface area (Å²) in [6, 6.07) is 11.7. The van der Waals surface area contributed by atoms with Crippen molar-refractivity contribution >= 4 is 34.8 Å². The highest BCUT2D eigenvalue weighted by atomic mass is 16.2. The largest absolute Gasteiger partial charge is 0.374 e. The zero-order valence-corrected chi connectivity index (χ0v) is 15.3. The first kappa shape index (κ1) is 18.4. The predicted octanol–water partition coefficient (Wildman–Crippen LogP) is 2.13. The number of hydrogen-bond donors (Lipinski definition) is 3. The molecule has 2 aromatic rings. The number of carbonyl (C=O) groups is 3. The van der Waals surface area contributed by atoms with E-state index in [9.17, 15) is 14.4 Å². The van der Waals surface area contributed by atoms with E-state index in [-0.39, 0.29) is 11.8 Å². The average molecular weight is 366 g/mol. The third-order valence-corrected chi connectivity index (χ3v) is 4.57. The molecule has 0 saturated heterocycles. The van der Waals surface area contributed by atoms with E-state index in [2.05, 4.69) is 10.6 Å². The fraction of sp³-hybridized carbons (Fsp3) is 0.250. The zero-order valence-electron chi connectivity index (χ0n) is 15.3. The molecule has 3 rings (SSSR count). The van der Waals surface area contributed by atoms with E-state index < -0.39 is 11.9 Å². The lowest BCUT2D eigenvalue weighted by Gasteiger charge is -2.18. The molecule has 4 N–H and O–H groups in total. The van der Waals surface area contributed by atoms with Crippen LogP contribution in [0.3, 0.4) is 0 Å². The highest BCUT2D eigenvalue weighted by molar-refractivity contribution is 5.98. The summed E-state index contributed by atoms with van der Waals surface area (Å²) >= 11 is 0. The van der Waals surface area contributed by atoms with Crippen molar-refractivity contribution in [3.05, 3.63) is 53.6 Å². The van der Waals surface area contributed by atoms with Crippen molar-refractivity contribution in [2.45, 2.75) is 26.3 Å². The van der Waals surface area contributed by atoms with Crippen LogP contribution in [0.1, 0.15) is 29.8 Å². The van der Waals surface area contributed by atoms with Crippen LogP contribution in [0.2, 0.25) is 0 Å². The molecule has 0 radical (unpaired) electrons. The summed E-state index contributed by atoms with van der Waals surface area (Å²) in [7, 11) is 0. The van der Waals surface area contributed by atoms with Gasteiger partial charge in [-0.05, 0) is 61.4 Å². The standard InChI is InChI=1S/C20H22N4O3/c1-12(20(27)23-16-5-3-14(4-6-16)19(21)26)22-17-7-8-18-15(11-17)9-10-24(18)13(2)25/h3-8,11-12,22H,9-10H2,1-2H3,(H2,21,26)(H,23,27)/t12-/m0/s1. The van der Waals surface area contributed by atoms with Crippen LogP contribution in [0.15, 0.2) is 42.5 Å². The Bertz CT molecular complexity index is 893. The second kappa shape index (κ2) is 7.49. The number of fused-ring (bicyclic) bond motifs is 1. The van der Waals surface area contributed by atoms with Crippen LogP contribution in [-0.2, 0) is 16.0 Å². The number of amides is 3. The maximum absolute atomic E-state index is 12.4. The van der Waals surface area contributed by atoms with E-state index in [0.29, 0.717) is 17.8 Å². The Kier molecular flexibility index (Phi) is 5.12. The Morgan fingerprint density at radius 1 is 1.07 bits per heavy atom. The molecule has 2 aromatic carbocycles. The topological polar surface area (TPSA) is 105 Å². The van der Waals surface area contributed by atoms with E-state index in [1.165, 1.54) is 0 Å². The normalized spacial score (nSPS) is 13.6.